The highest BCUT2D eigenvalue weighted by molar-refractivity contribution is 9.10. The molecule has 4 rings (SSSR count). The summed E-state index contributed by atoms with van der Waals surface area (Å²) in [5.41, 5.74) is 4.51. The van der Waals surface area contributed by atoms with Crippen LogP contribution in [0, 0.1) is 5.92 Å². The number of ketones is 1. The van der Waals surface area contributed by atoms with Gasteiger partial charge < -0.3 is 5.32 Å². The number of fused-ring (bicyclic) bond motifs is 3. The van der Waals surface area contributed by atoms with E-state index in [1.807, 2.05) is 6.07 Å². The normalized spacial score (nSPS) is 24.7. The Hall–Kier alpha value is -1.87. The van der Waals surface area contributed by atoms with Crippen LogP contribution in [0.25, 0.3) is 0 Å². The van der Waals surface area contributed by atoms with E-state index in [4.69, 9.17) is 0 Å². The highest BCUT2D eigenvalue weighted by Crippen LogP contribution is 2.49. The minimum atomic E-state index is 0.126. The second kappa shape index (κ2) is 5.64. The van der Waals surface area contributed by atoms with Gasteiger partial charge in [0.2, 0.25) is 0 Å². The van der Waals surface area contributed by atoms with Crippen molar-refractivity contribution in [2.24, 2.45) is 5.92 Å². The van der Waals surface area contributed by atoms with Crippen molar-refractivity contribution < 1.29 is 4.79 Å². The Labute approximate surface area is 144 Å². The Balaban J connectivity index is 1.77. The number of anilines is 1. The maximum atomic E-state index is 11.7. The van der Waals surface area contributed by atoms with E-state index in [2.05, 4.69) is 69.8 Å². The number of hydrogen-bond donors (Lipinski definition) is 1. The summed E-state index contributed by atoms with van der Waals surface area (Å²) in [6, 6.07) is 14.9. The summed E-state index contributed by atoms with van der Waals surface area (Å²) >= 11 is 3.51. The van der Waals surface area contributed by atoms with Crippen molar-refractivity contribution >= 4 is 27.4 Å². The Kier molecular flexibility index (Phi) is 3.61. The largest absolute Gasteiger partial charge is 0.378 e. The predicted molar refractivity (Wildman–Crippen MR) is 96.9 cm³/mol. The van der Waals surface area contributed by atoms with Gasteiger partial charge in [-0.1, -0.05) is 40.2 Å². The maximum Gasteiger partial charge on any atom is 0.159 e. The lowest BCUT2D eigenvalue weighted by Gasteiger charge is -2.37. The van der Waals surface area contributed by atoms with E-state index in [-0.39, 0.29) is 5.78 Å². The van der Waals surface area contributed by atoms with Gasteiger partial charge in [0.05, 0.1) is 6.04 Å². The monoisotopic (exact) mass is 367 g/mol. The highest BCUT2D eigenvalue weighted by atomic mass is 79.9. The predicted octanol–water partition coefficient (Wildman–Crippen LogP) is 5.48. The quantitative estimate of drug-likeness (QED) is 0.562. The second-order valence-corrected chi connectivity index (χ2v) is 7.30. The Morgan fingerprint density at radius 2 is 1.96 bits per heavy atom. The van der Waals surface area contributed by atoms with E-state index in [1.165, 1.54) is 11.1 Å². The number of rotatable bonds is 2. The molecule has 1 aliphatic heterocycles. The van der Waals surface area contributed by atoms with Crippen molar-refractivity contribution in [1.82, 2.24) is 0 Å². The molecule has 3 atom stereocenters. The Morgan fingerprint density at radius 1 is 1.17 bits per heavy atom. The first-order chi connectivity index (χ1) is 11.1. The molecule has 2 aromatic carbocycles. The lowest BCUT2D eigenvalue weighted by Crippen LogP contribution is -2.29. The summed E-state index contributed by atoms with van der Waals surface area (Å²) in [6.45, 7) is 1.63. The molecule has 2 aromatic rings. The third-order valence-electron chi connectivity index (χ3n) is 5.00. The van der Waals surface area contributed by atoms with Gasteiger partial charge in [0.25, 0.3) is 0 Å². The molecule has 0 radical (unpaired) electrons. The van der Waals surface area contributed by atoms with Crippen LogP contribution in [-0.2, 0) is 0 Å². The summed E-state index contributed by atoms with van der Waals surface area (Å²) in [5, 5.41) is 3.70. The standard InChI is InChI=1S/C20H18BrNO/c1-12(23)14-7-10-19-18(11-14)16-3-2-4-17(16)20(22-19)13-5-8-15(21)9-6-13/h2-3,5-11,16-17,20,22H,4H2,1H3. The molecule has 0 spiro atoms. The van der Waals surface area contributed by atoms with Crippen LogP contribution in [0.4, 0.5) is 5.69 Å². The fourth-order valence-corrected chi connectivity index (χ4v) is 4.08. The second-order valence-electron chi connectivity index (χ2n) is 6.39. The Bertz CT molecular complexity index is 794. The minimum absolute atomic E-state index is 0.126. The molecule has 3 heteroatoms. The van der Waals surface area contributed by atoms with Crippen molar-refractivity contribution in [3.8, 4) is 0 Å². The third-order valence-corrected chi connectivity index (χ3v) is 5.53. The number of carbonyl (C=O) groups is 1. The van der Waals surface area contributed by atoms with Gasteiger partial charge >= 0.3 is 0 Å². The average molecular weight is 368 g/mol. The van der Waals surface area contributed by atoms with Gasteiger partial charge in [-0.25, -0.2) is 0 Å². The SMILES string of the molecule is CC(=O)c1ccc2c(c1)C1C=CCC1C(c1ccc(Br)cc1)N2. The maximum absolute atomic E-state index is 11.7. The van der Waals surface area contributed by atoms with Gasteiger partial charge in [-0.15, -0.1) is 0 Å². The van der Waals surface area contributed by atoms with Crippen LogP contribution in [0.3, 0.4) is 0 Å². The minimum Gasteiger partial charge on any atom is -0.378 e. The van der Waals surface area contributed by atoms with Gasteiger partial charge in [-0.05, 0) is 60.7 Å². The van der Waals surface area contributed by atoms with Gasteiger partial charge in [0.1, 0.15) is 0 Å². The number of Topliss-reactive ketones (excluding diaryl/α,β-unsaturated/α-hetero) is 1. The fraction of sp³-hybridized carbons (Fsp3) is 0.250. The van der Waals surface area contributed by atoms with E-state index in [1.54, 1.807) is 6.92 Å². The van der Waals surface area contributed by atoms with Crippen LogP contribution in [0.15, 0.2) is 59.1 Å². The van der Waals surface area contributed by atoms with Crippen LogP contribution >= 0.6 is 15.9 Å². The van der Waals surface area contributed by atoms with E-state index < -0.39 is 0 Å². The molecule has 2 aliphatic rings. The van der Waals surface area contributed by atoms with Gasteiger partial charge in [-0.2, -0.15) is 0 Å². The van der Waals surface area contributed by atoms with E-state index in [0.29, 0.717) is 17.9 Å². The molecule has 23 heavy (non-hydrogen) atoms. The van der Waals surface area contributed by atoms with Gasteiger partial charge in [-0.3, -0.25) is 4.79 Å². The van der Waals surface area contributed by atoms with E-state index >= 15 is 0 Å². The van der Waals surface area contributed by atoms with Crippen LogP contribution < -0.4 is 5.32 Å². The van der Waals surface area contributed by atoms with Crippen molar-refractivity contribution in [2.75, 3.05) is 5.32 Å². The van der Waals surface area contributed by atoms with Crippen LogP contribution in [0.5, 0.6) is 0 Å². The summed E-state index contributed by atoms with van der Waals surface area (Å²) < 4.78 is 1.10. The van der Waals surface area contributed by atoms with Crippen LogP contribution in [-0.4, -0.2) is 5.78 Å². The zero-order valence-electron chi connectivity index (χ0n) is 12.9. The number of carbonyl (C=O) groups excluding carboxylic acids is 1. The molecule has 1 N–H and O–H groups in total. The zero-order valence-corrected chi connectivity index (χ0v) is 14.5. The number of halogens is 1. The highest BCUT2D eigenvalue weighted by Gasteiger charge is 2.37. The number of allylic oxidation sites excluding steroid dienone is 2. The molecule has 3 unspecified atom stereocenters. The summed E-state index contributed by atoms with van der Waals surface area (Å²) in [6.07, 6.45) is 5.65. The van der Waals surface area contributed by atoms with Crippen molar-refractivity contribution in [3.05, 3.63) is 75.8 Å². The summed E-state index contributed by atoms with van der Waals surface area (Å²) in [4.78, 5) is 11.7. The molecule has 0 bridgehead atoms. The summed E-state index contributed by atoms with van der Waals surface area (Å²) in [7, 11) is 0. The number of nitrogens with one attached hydrogen (secondary N) is 1. The number of hydrogen-bond acceptors (Lipinski definition) is 2. The molecule has 0 amide bonds. The molecule has 0 fully saturated rings. The van der Waals surface area contributed by atoms with E-state index in [0.717, 1.165) is 22.1 Å². The molecular formula is C20H18BrNO. The van der Waals surface area contributed by atoms with Crippen molar-refractivity contribution in [3.63, 3.8) is 0 Å². The van der Waals surface area contributed by atoms with E-state index in [9.17, 15) is 4.79 Å². The molecule has 0 saturated heterocycles. The molecule has 1 heterocycles. The molecule has 116 valence electrons. The van der Waals surface area contributed by atoms with Crippen molar-refractivity contribution in [1.29, 1.82) is 0 Å². The topological polar surface area (TPSA) is 29.1 Å². The molecule has 2 nitrogen and oxygen atoms in total. The first-order valence-electron chi connectivity index (χ1n) is 7.97. The zero-order chi connectivity index (χ0) is 16.0. The van der Waals surface area contributed by atoms with Gasteiger partial charge in [0.15, 0.2) is 5.78 Å². The fourth-order valence-electron chi connectivity index (χ4n) is 3.81. The third kappa shape index (κ3) is 2.53. The first-order valence-corrected chi connectivity index (χ1v) is 8.76. The number of benzene rings is 2. The lowest BCUT2D eigenvalue weighted by atomic mass is 9.76. The smallest absolute Gasteiger partial charge is 0.159 e. The average Bonchev–Trinajstić information content (AvgIpc) is 3.04. The molecule has 1 aliphatic carbocycles. The summed E-state index contributed by atoms with van der Waals surface area (Å²) in [5.74, 6) is 1.02. The van der Waals surface area contributed by atoms with Crippen LogP contribution in [0.1, 0.15) is 46.8 Å². The lowest BCUT2D eigenvalue weighted by molar-refractivity contribution is 0.101. The van der Waals surface area contributed by atoms with Crippen molar-refractivity contribution in [2.45, 2.75) is 25.3 Å². The van der Waals surface area contributed by atoms with Crippen LogP contribution in [0.2, 0.25) is 0 Å². The van der Waals surface area contributed by atoms with Gasteiger partial charge in [0, 0.05) is 21.6 Å². The Morgan fingerprint density at radius 3 is 2.70 bits per heavy atom. The molecular weight excluding hydrogens is 350 g/mol. The molecule has 0 saturated carbocycles. The first kappa shape index (κ1) is 14.7. The molecule has 0 aromatic heterocycles.